The number of benzene rings is 3. The molecular formula is C26H29ClFNO2. The van der Waals surface area contributed by atoms with E-state index in [2.05, 4.69) is 36.5 Å². The third-order valence-electron chi connectivity index (χ3n) is 6.37. The Balaban J connectivity index is 0.00000272. The van der Waals surface area contributed by atoms with Crippen LogP contribution in [0.15, 0.2) is 60.7 Å². The number of carbonyl (C=O) groups is 1. The van der Waals surface area contributed by atoms with Crippen LogP contribution in [0.5, 0.6) is 0 Å². The van der Waals surface area contributed by atoms with Crippen molar-refractivity contribution in [2.75, 3.05) is 0 Å². The van der Waals surface area contributed by atoms with E-state index >= 15 is 0 Å². The molecule has 0 aromatic heterocycles. The maximum absolute atomic E-state index is 14.1. The highest BCUT2D eigenvalue weighted by Crippen LogP contribution is 2.36. The number of aryl methyl sites for hydroxylation is 1. The monoisotopic (exact) mass is 441 g/mol. The van der Waals surface area contributed by atoms with E-state index in [1.54, 1.807) is 6.07 Å². The van der Waals surface area contributed by atoms with Crippen LogP contribution in [0.2, 0.25) is 0 Å². The van der Waals surface area contributed by atoms with Gasteiger partial charge in [-0.2, -0.15) is 0 Å². The molecule has 1 fully saturated rings. The van der Waals surface area contributed by atoms with E-state index < -0.39 is 5.97 Å². The molecule has 2 N–H and O–H groups in total. The summed E-state index contributed by atoms with van der Waals surface area (Å²) in [5.74, 6) is -0.408. The number of aliphatic carboxylic acids is 1. The van der Waals surface area contributed by atoms with Crippen LogP contribution < -0.4 is 5.32 Å². The lowest BCUT2D eigenvalue weighted by Gasteiger charge is -2.22. The first-order valence-electron chi connectivity index (χ1n) is 10.7. The summed E-state index contributed by atoms with van der Waals surface area (Å²) in [6.45, 7) is 2.16. The van der Waals surface area contributed by atoms with E-state index in [0.29, 0.717) is 23.8 Å². The van der Waals surface area contributed by atoms with Crippen LogP contribution in [0.3, 0.4) is 0 Å². The Labute approximate surface area is 189 Å². The van der Waals surface area contributed by atoms with Crippen LogP contribution in [0.25, 0.3) is 10.8 Å². The molecule has 3 atom stereocenters. The second-order valence-corrected chi connectivity index (χ2v) is 8.41. The van der Waals surface area contributed by atoms with Crippen LogP contribution in [0, 0.1) is 5.82 Å². The summed E-state index contributed by atoms with van der Waals surface area (Å²) >= 11 is 0. The summed E-state index contributed by atoms with van der Waals surface area (Å²) in [7, 11) is 0. The second kappa shape index (κ2) is 10.3. The van der Waals surface area contributed by atoms with Crippen LogP contribution in [-0.2, 0) is 11.2 Å². The molecule has 31 heavy (non-hydrogen) atoms. The summed E-state index contributed by atoms with van der Waals surface area (Å²) in [5.41, 5.74) is 3.54. The van der Waals surface area contributed by atoms with Crippen molar-refractivity contribution < 1.29 is 14.3 Å². The van der Waals surface area contributed by atoms with Crippen molar-refractivity contribution in [3.8, 4) is 0 Å². The molecule has 0 unspecified atom stereocenters. The fourth-order valence-electron chi connectivity index (χ4n) is 4.75. The molecular weight excluding hydrogens is 413 g/mol. The first-order valence-corrected chi connectivity index (χ1v) is 10.7. The molecule has 1 aliphatic carbocycles. The van der Waals surface area contributed by atoms with Crippen LogP contribution in [-0.4, -0.2) is 17.1 Å². The van der Waals surface area contributed by atoms with E-state index in [4.69, 9.17) is 5.11 Å². The van der Waals surface area contributed by atoms with Gasteiger partial charge in [0.15, 0.2) is 0 Å². The Morgan fingerprint density at radius 1 is 1.06 bits per heavy atom. The van der Waals surface area contributed by atoms with Gasteiger partial charge >= 0.3 is 5.97 Å². The predicted molar refractivity (Wildman–Crippen MR) is 125 cm³/mol. The quantitative estimate of drug-likeness (QED) is 0.445. The topological polar surface area (TPSA) is 49.3 Å². The lowest BCUT2D eigenvalue weighted by molar-refractivity contribution is -0.136. The molecule has 5 heteroatoms. The Bertz CT molecular complexity index is 1040. The average molecular weight is 442 g/mol. The minimum Gasteiger partial charge on any atom is -0.481 e. The van der Waals surface area contributed by atoms with Gasteiger partial charge in [-0.1, -0.05) is 54.6 Å². The Kier molecular flexibility index (Phi) is 7.69. The molecule has 1 saturated carbocycles. The molecule has 3 nitrogen and oxygen atoms in total. The largest absolute Gasteiger partial charge is 0.481 e. The summed E-state index contributed by atoms with van der Waals surface area (Å²) < 4.78 is 14.1. The van der Waals surface area contributed by atoms with Gasteiger partial charge in [0.25, 0.3) is 0 Å². The Morgan fingerprint density at radius 2 is 1.77 bits per heavy atom. The molecule has 0 heterocycles. The van der Waals surface area contributed by atoms with Crippen LogP contribution in [0.1, 0.15) is 61.3 Å². The average Bonchev–Trinajstić information content (AvgIpc) is 3.21. The number of hydrogen-bond acceptors (Lipinski definition) is 2. The summed E-state index contributed by atoms with van der Waals surface area (Å²) in [6, 6.07) is 20.2. The van der Waals surface area contributed by atoms with Gasteiger partial charge in [0, 0.05) is 23.9 Å². The van der Waals surface area contributed by atoms with Gasteiger partial charge in [0.05, 0.1) is 0 Å². The first kappa shape index (κ1) is 23.2. The van der Waals surface area contributed by atoms with Gasteiger partial charge in [-0.25, -0.2) is 4.39 Å². The van der Waals surface area contributed by atoms with E-state index in [0.717, 1.165) is 35.8 Å². The van der Waals surface area contributed by atoms with Crippen molar-refractivity contribution in [1.29, 1.82) is 0 Å². The number of fused-ring (bicyclic) bond motifs is 1. The van der Waals surface area contributed by atoms with Gasteiger partial charge in [-0.05, 0) is 66.7 Å². The van der Waals surface area contributed by atoms with E-state index in [-0.39, 0.29) is 30.7 Å². The molecule has 0 spiro atoms. The van der Waals surface area contributed by atoms with Crippen LogP contribution >= 0.6 is 12.4 Å². The fraction of sp³-hybridized carbons (Fsp3) is 0.346. The number of carboxylic acid groups (broad SMARTS) is 1. The number of rotatable bonds is 7. The van der Waals surface area contributed by atoms with Crippen molar-refractivity contribution in [2.45, 2.75) is 57.0 Å². The number of carboxylic acids is 1. The number of nitrogens with one attached hydrogen (secondary N) is 1. The van der Waals surface area contributed by atoms with E-state index in [9.17, 15) is 9.18 Å². The number of halogens is 2. The molecule has 3 aromatic carbocycles. The Morgan fingerprint density at radius 3 is 2.48 bits per heavy atom. The summed E-state index contributed by atoms with van der Waals surface area (Å²) in [4.78, 5) is 10.7. The van der Waals surface area contributed by atoms with Gasteiger partial charge in [-0.15, -0.1) is 12.4 Å². The number of hydrogen-bond donors (Lipinski definition) is 2. The minimum absolute atomic E-state index is 0. The molecule has 0 aliphatic heterocycles. The van der Waals surface area contributed by atoms with Gasteiger partial charge < -0.3 is 10.4 Å². The molecule has 4 rings (SSSR count). The highest BCUT2D eigenvalue weighted by Gasteiger charge is 2.27. The first-order chi connectivity index (χ1) is 14.5. The second-order valence-electron chi connectivity index (χ2n) is 8.41. The zero-order valence-electron chi connectivity index (χ0n) is 17.7. The van der Waals surface area contributed by atoms with Crippen molar-refractivity contribution in [3.05, 3.63) is 83.2 Å². The van der Waals surface area contributed by atoms with Crippen molar-refractivity contribution in [1.82, 2.24) is 5.32 Å². The summed E-state index contributed by atoms with van der Waals surface area (Å²) in [5, 5.41) is 14.2. The zero-order chi connectivity index (χ0) is 21.1. The predicted octanol–water partition coefficient (Wildman–Crippen LogP) is 6.40. The highest BCUT2D eigenvalue weighted by molar-refractivity contribution is 5.86. The standard InChI is InChI=1S/C26H28FNO2.ClH/c1-17(22-13-14-25(27)24-5-3-2-4-23(22)24)28-21-12-11-20(16-21)19-9-6-18(7-10-19)8-15-26(29)30;/h2-7,9-10,13-14,17,20-21,28H,8,11-12,15-16H2,1H3,(H,29,30);1H/t17-,20-,21+;/m1./s1. The molecule has 0 radical (unpaired) electrons. The highest BCUT2D eigenvalue weighted by atomic mass is 35.5. The van der Waals surface area contributed by atoms with Gasteiger partial charge in [-0.3, -0.25) is 4.79 Å². The Hall–Kier alpha value is -2.43. The maximum atomic E-state index is 14.1. The third-order valence-corrected chi connectivity index (χ3v) is 6.37. The smallest absolute Gasteiger partial charge is 0.303 e. The van der Waals surface area contributed by atoms with Crippen molar-refractivity contribution in [3.63, 3.8) is 0 Å². The molecule has 3 aromatic rings. The SMILES string of the molecule is C[C@@H](N[C@H]1CC[C@@H](c2ccc(CCC(=O)O)cc2)C1)c1ccc(F)c2ccccc12.Cl. The third kappa shape index (κ3) is 5.44. The fourth-order valence-corrected chi connectivity index (χ4v) is 4.75. The minimum atomic E-state index is -0.758. The van der Waals surface area contributed by atoms with Crippen molar-refractivity contribution in [2.24, 2.45) is 0 Å². The lowest BCUT2D eigenvalue weighted by Crippen LogP contribution is -2.29. The molecule has 0 amide bonds. The van der Waals surface area contributed by atoms with Crippen molar-refractivity contribution >= 4 is 29.1 Å². The van der Waals surface area contributed by atoms with Gasteiger partial charge in [0.1, 0.15) is 5.82 Å². The lowest BCUT2D eigenvalue weighted by atomic mass is 9.95. The van der Waals surface area contributed by atoms with E-state index in [1.807, 2.05) is 30.3 Å². The molecule has 164 valence electrons. The van der Waals surface area contributed by atoms with Gasteiger partial charge in [0.2, 0.25) is 0 Å². The maximum Gasteiger partial charge on any atom is 0.303 e. The summed E-state index contributed by atoms with van der Waals surface area (Å²) in [6.07, 6.45) is 4.09. The zero-order valence-corrected chi connectivity index (χ0v) is 18.5. The van der Waals surface area contributed by atoms with E-state index in [1.165, 1.54) is 5.56 Å². The molecule has 0 bridgehead atoms. The van der Waals surface area contributed by atoms with Crippen LogP contribution in [0.4, 0.5) is 4.39 Å². The molecule has 0 saturated heterocycles. The normalized spacial score (nSPS) is 19.2. The molecule has 1 aliphatic rings.